The Morgan fingerprint density at radius 1 is 1.30 bits per heavy atom. The van der Waals surface area contributed by atoms with Crippen LogP contribution in [0.4, 0.5) is 11.7 Å². The highest BCUT2D eigenvalue weighted by Crippen LogP contribution is 2.28. The number of aromatic nitrogens is 1. The van der Waals surface area contributed by atoms with E-state index in [1.54, 1.807) is 6.07 Å². The van der Waals surface area contributed by atoms with Gasteiger partial charge in [-0.1, -0.05) is 25.4 Å². The van der Waals surface area contributed by atoms with Gasteiger partial charge in [0.15, 0.2) is 0 Å². The second-order valence-electron chi connectivity index (χ2n) is 6.28. The van der Waals surface area contributed by atoms with E-state index >= 15 is 0 Å². The van der Waals surface area contributed by atoms with Gasteiger partial charge in [-0.05, 0) is 37.2 Å². The zero-order valence-electron chi connectivity index (χ0n) is 16.3. The summed E-state index contributed by atoms with van der Waals surface area (Å²) in [5, 5.41) is 12.6. The van der Waals surface area contributed by atoms with Gasteiger partial charge in [0, 0.05) is 43.4 Å². The lowest BCUT2D eigenvalue weighted by molar-refractivity contribution is 0.0663. The highest BCUT2D eigenvalue weighted by molar-refractivity contribution is 6.31. The summed E-state index contributed by atoms with van der Waals surface area (Å²) in [7, 11) is 2.13. The summed E-state index contributed by atoms with van der Waals surface area (Å²) in [6.07, 6.45) is 1.18. The van der Waals surface area contributed by atoms with Gasteiger partial charge in [0.05, 0.1) is 6.20 Å². The maximum atomic E-state index is 10.9. The Balaban J connectivity index is 0.00000126. The van der Waals surface area contributed by atoms with Crippen LogP contribution in [-0.2, 0) is 6.54 Å². The average Bonchev–Trinajstić information content (AvgIpc) is 3.11. The SMILES string of the molecule is CC.Cc1c(CN2CCN(C)CC2)cc(Cl)cc1Nc1ncc(C(=O)O)o1. The highest BCUT2D eigenvalue weighted by Gasteiger charge is 2.17. The van der Waals surface area contributed by atoms with Crippen LogP contribution in [0.2, 0.25) is 5.02 Å². The van der Waals surface area contributed by atoms with E-state index in [0.29, 0.717) is 5.02 Å². The molecule has 0 saturated carbocycles. The van der Waals surface area contributed by atoms with Crippen LogP contribution in [0.3, 0.4) is 0 Å². The molecule has 1 aliphatic heterocycles. The molecule has 0 spiro atoms. The minimum atomic E-state index is -1.15. The van der Waals surface area contributed by atoms with Gasteiger partial charge in [-0.15, -0.1) is 0 Å². The van der Waals surface area contributed by atoms with Gasteiger partial charge < -0.3 is 19.7 Å². The van der Waals surface area contributed by atoms with Gasteiger partial charge in [-0.2, -0.15) is 0 Å². The maximum Gasteiger partial charge on any atom is 0.373 e. The summed E-state index contributed by atoms with van der Waals surface area (Å²) in [5.74, 6) is -1.36. The van der Waals surface area contributed by atoms with Crippen molar-refractivity contribution in [3.8, 4) is 0 Å². The third-order valence-corrected chi connectivity index (χ3v) is 4.65. The van der Waals surface area contributed by atoms with Gasteiger partial charge >= 0.3 is 5.97 Å². The largest absolute Gasteiger partial charge is 0.475 e. The molecule has 0 unspecified atom stereocenters. The van der Waals surface area contributed by atoms with Crippen molar-refractivity contribution in [1.82, 2.24) is 14.8 Å². The Morgan fingerprint density at radius 3 is 2.56 bits per heavy atom. The molecule has 2 aromatic rings. The molecular weight excluding hydrogens is 368 g/mol. The number of aromatic carboxylic acids is 1. The Labute approximate surface area is 164 Å². The van der Waals surface area contributed by atoms with Crippen LogP contribution < -0.4 is 5.32 Å². The first kappa shape index (κ1) is 21.2. The number of likely N-dealkylation sites (N-methyl/N-ethyl adjacent to an activating group) is 1. The number of carboxylic acids is 1. The average molecular weight is 395 g/mol. The molecule has 3 rings (SSSR count). The van der Waals surface area contributed by atoms with E-state index in [1.165, 1.54) is 6.20 Å². The van der Waals surface area contributed by atoms with Crippen molar-refractivity contribution >= 4 is 29.3 Å². The molecule has 1 aromatic carbocycles. The molecule has 0 amide bonds. The fourth-order valence-electron chi connectivity index (χ4n) is 2.82. The summed E-state index contributed by atoms with van der Waals surface area (Å²) in [6.45, 7) is 11.0. The van der Waals surface area contributed by atoms with Gasteiger partial charge in [0.25, 0.3) is 6.01 Å². The Morgan fingerprint density at radius 2 is 1.96 bits per heavy atom. The van der Waals surface area contributed by atoms with Crippen molar-refractivity contribution < 1.29 is 14.3 Å². The molecule has 1 aromatic heterocycles. The zero-order chi connectivity index (χ0) is 20.0. The summed E-state index contributed by atoms with van der Waals surface area (Å²) >= 11 is 6.27. The van der Waals surface area contributed by atoms with Crippen molar-refractivity contribution in [2.75, 3.05) is 38.5 Å². The number of nitrogens with zero attached hydrogens (tertiary/aromatic N) is 3. The molecule has 0 radical (unpaired) electrons. The third kappa shape index (κ3) is 5.69. The first-order valence-corrected chi connectivity index (χ1v) is 9.46. The number of oxazole rings is 1. The van der Waals surface area contributed by atoms with Crippen molar-refractivity contribution in [2.45, 2.75) is 27.3 Å². The van der Waals surface area contributed by atoms with E-state index in [4.69, 9.17) is 21.1 Å². The van der Waals surface area contributed by atoms with E-state index in [0.717, 1.165) is 49.5 Å². The number of rotatable bonds is 5. The number of halogens is 1. The zero-order valence-corrected chi connectivity index (χ0v) is 17.0. The van der Waals surface area contributed by atoms with E-state index < -0.39 is 5.97 Å². The van der Waals surface area contributed by atoms with E-state index in [9.17, 15) is 4.79 Å². The number of hydrogen-bond donors (Lipinski definition) is 2. The van der Waals surface area contributed by atoms with Crippen molar-refractivity contribution in [2.24, 2.45) is 0 Å². The number of piperazine rings is 1. The number of carboxylic acid groups (broad SMARTS) is 1. The molecule has 1 saturated heterocycles. The fraction of sp³-hybridized carbons (Fsp3) is 0.474. The molecule has 1 aliphatic rings. The fourth-order valence-corrected chi connectivity index (χ4v) is 3.06. The number of carbonyl (C=O) groups is 1. The predicted molar refractivity (Wildman–Crippen MR) is 107 cm³/mol. The molecule has 8 heteroatoms. The second-order valence-corrected chi connectivity index (χ2v) is 6.71. The summed E-state index contributed by atoms with van der Waals surface area (Å²) in [6, 6.07) is 3.89. The lowest BCUT2D eigenvalue weighted by Crippen LogP contribution is -2.43. The van der Waals surface area contributed by atoms with Crippen LogP contribution >= 0.6 is 11.6 Å². The standard InChI is InChI=1S/C17H21ClN4O3.C2H6/c1-11-12(10-22-5-3-21(2)4-6-22)7-13(18)8-14(11)20-17-19-9-15(25-17)16(23)24;1-2/h7-9H,3-6,10H2,1-2H3,(H,19,20)(H,23,24);1-2H3. The molecule has 1 fully saturated rings. The highest BCUT2D eigenvalue weighted by atomic mass is 35.5. The minimum Gasteiger partial charge on any atom is -0.475 e. The molecule has 0 aliphatic carbocycles. The van der Waals surface area contributed by atoms with Crippen LogP contribution in [0, 0.1) is 6.92 Å². The molecule has 27 heavy (non-hydrogen) atoms. The van der Waals surface area contributed by atoms with Crippen LogP contribution in [0.1, 0.15) is 35.5 Å². The Hall–Kier alpha value is -2.09. The molecule has 7 nitrogen and oxygen atoms in total. The number of hydrogen-bond acceptors (Lipinski definition) is 6. The van der Waals surface area contributed by atoms with E-state index in [2.05, 4.69) is 27.1 Å². The lowest BCUT2D eigenvalue weighted by atomic mass is 10.1. The monoisotopic (exact) mass is 394 g/mol. The first-order valence-electron chi connectivity index (χ1n) is 9.08. The molecule has 0 atom stereocenters. The summed E-state index contributed by atoms with van der Waals surface area (Å²) in [4.78, 5) is 19.5. The molecular formula is C19H27ClN4O3. The van der Waals surface area contributed by atoms with Gasteiger partial charge in [-0.25, -0.2) is 9.78 Å². The predicted octanol–water partition coefficient (Wildman–Crippen LogP) is 3.85. The topological polar surface area (TPSA) is 81.8 Å². The molecule has 2 N–H and O–H groups in total. The molecule has 2 heterocycles. The van der Waals surface area contributed by atoms with E-state index in [1.807, 2.05) is 26.8 Å². The van der Waals surface area contributed by atoms with Crippen LogP contribution in [-0.4, -0.2) is 59.1 Å². The second kappa shape index (κ2) is 9.73. The Kier molecular flexibility index (Phi) is 7.65. The quantitative estimate of drug-likeness (QED) is 0.796. The van der Waals surface area contributed by atoms with Gasteiger partial charge in [-0.3, -0.25) is 4.90 Å². The number of benzene rings is 1. The third-order valence-electron chi connectivity index (χ3n) is 4.43. The van der Waals surface area contributed by atoms with Gasteiger partial charge in [0.1, 0.15) is 0 Å². The smallest absolute Gasteiger partial charge is 0.373 e. The van der Waals surface area contributed by atoms with E-state index in [-0.39, 0.29) is 11.8 Å². The normalized spacial score (nSPS) is 15.1. The van der Waals surface area contributed by atoms with Crippen LogP contribution in [0.5, 0.6) is 0 Å². The van der Waals surface area contributed by atoms with Crippen LogP contribution in [0.25, 0.3) is 0 Å². The minimum absolute atomic E-state index is 0.133. The number of anilines is 2. The first-order chi connectivity index (χ1) is 12.9. The van der Waals surface area contributed by atoms with Crippen molar-refractivity contribution in [3.05, 3.63) is 40.2 Å². The molecule has 148 valence electrons. The van der Waals surface area contributed by atoms with Crippen molar-refractivity contribution in [3.63, 3.8) is 0 Å². The summed E-state index contributed by atoms with van der Waals surface area (Å²) in [5.41, 5.74) is 2.93. The Bertz CT molecular complexity index is 770. The van der Waals surface area contributed by atoms with Crippen LogP contribution in [0.15, 0.2) is 22.7 Å². The number of nitrogens with one attached hydrogen (secondary N) is 1. The lowest BCUT2D eigenvalue weighted by Gasteiger charge is -2.32. The van der Waals surface area contributed by atoms with Crippen molar-refractivity contribution in [1.29, 1.82) is 0 Å². The van der Waals surface area contributed by atoms with Gasteiger partial charge in [0.2, 0.25) is 5.76 Å². The maximum absolute atomic E-state index is 10.9. The summed E-state index contributed by atoms with van der Waals surface area (Å²) < 4.78 is 5.16. The molecule has 0 bridgehead atoms.